The maximum Gasteiger partial charge on any atom is 0.347 e. The quantitative estimate of drug-likeness (QED) is 0.542. The molecule has 0 saturated heterocycles. The summed E-state index contributed by atoms with van der Waals surface area (Å²) in [5, 5.41) is 0. The molecule has 5 nitrogen and oxygen atoms in total. The number of nitrogens with zero attached hydrogens (tertiary/aromatic N) is 1. The molecule has 0 bridgehead atoms. The lowest BCUT2D eigenvalue weighted by molar-refractivity contribution is 0.109. The van der Waals surface area contributed by atoms with Gasteiger partial charge < -0.3 is 15.5 Å². The first-order chi connectivity index (χ1) is 5.77. The summed E-state index contributed by atoms with van der Waals surface area (Å²) in [4.78, 5) is 17.1. The number of fused-ring (bicyclic) bond motifs is 1. The lowest BCUT2D eigenvalue weighted by atomic mass is 10.1. The van der Waals surface area contributed by atoms with E-state index >= 15 is 0 Å². The smallest absolute Gasteiger partial charge is 0.347 e. The van der Waals surface area contributed by atoms with Crippen LogP contribution in [0.2, 0.25) is 0 Å². The fourth-order valence-electron chi connectivity index (χ4n) is 1.29. The van der Waals surface area contributed by atoms with Gasteiger partial charge in [-0.05, 0) is 0 Å². The van der Waals surface area contributed by atoms with Crippen molar-refractivity contribution >= 4 is 5.82 Å². The molecule has 0 aromatic carbocycles. The summed E-state index contributed by atoms with van der Waals surface area (Å²) in [5.74, 6) is 0.286. The van der Waals surface area contributed by atoms with Crippen molar-refractivity contribution in [2.45, 2.75) is 13.0 Å². The zero-order valence-electron chi connectivity index (χ0n) is 6.46. The van der Waals surface area contributed by atoms with Crippen molar-refractivity contribution in [3.8, 4) is 0 Å². The summed E-state index contributed by atoms with van der Waals surface area (Å²) in [7, 11) is 0. The molecule has 64 valence electrons. The molecule has 0 spiro atoms. The highest BCUT2D eigenvalue weighted by atomic mass is 16.5. The first-order valence-electron chi connectivity index (χ1n) is 3.72. The van der Waals surface area contributed by atoms with E-state index in [0.29, 0.717) is 19.6 Å². The predicted octanol–water partition coefficient (Wildman–Crippen LogP) is -0.575. The van der Waals surface area contributed by atoms with Gasteiger partial charge in [0.25, 0.3) is 0 Å². The Hall–Kier alpha value is -1.36. The maximum atomic E-state index is 10.9. The summed E-state index contributed by atoms with van der Waals surface area (Å²) in [6.07, 6.45) is 0.706. The van der Waals surface area contributed by atoms with Crippen LogP contribution >= 0.6 is 0 Å². The van der Waals surface area contributed by atoms with Crippen LogP contribution in [0.15, 0.2) is 4.79 Å². The van der Waals surface area contributed by atoms with Gasteiger partial charge in [0.2, 0.25) is 0 Å². The summed E-state index contributed by atoms with van der Waals surface area (Å²) in [6.45, 7) is 1.08. The highest BCUT2D eigenvalue weighted by Gasteiger charge is 2.13. The van der Waals surface area contributed by atoms with Gasteiger partial charge in [-0.15, -0.1) is 0 Å². The second kappa shape index (κ2) is 2.60. The number of hydrogen-bond acceptors (Lipinski definition) is 4. The molecule has 5 heteroatoms. The van der Waals surface area contributed by atoms with Gasteiger partial charge in [0.15, 0.2) is 0 Å². The molecule has 0 fully saturated rings. The van der Waals surface area contributed by atoms with Gasteiger partial charge in [0.05, 0.1) is 13.2 Å². The molecule has 0 amide bonds. The Morgan fingerprint density at radius 1 is 1.58 bits per heavy atom. The fourth-order valence-corrected chi connectivity index (χ4v) is 1.29. The average Bonchev–Trinajstić information content (AvgIpc) is 2.04. The number of rotatable bonds is 0. The second-order valence-electron chi connectivity index (χ2n) is 2.69. The van der Waals surface area contributed by atoms with Gasteiger partial charge in [-0.3, -0.25) is 0 Å². The van der Waals surface area contributed by atoms with Gasteiger partial charge in [-0.25, -0.2) is 4.79 Å². The minimum Gasteiger partial charge on any atom is -0.383 e. The van der Waals surface area contributed by atoms with Crippen LogP contribution in [0.3, 0.4) is 0 Å². The monoisotopic (exact) mass is 167 g/mol. The van der Waals surface area contributed by atoms with E-state index < -0.39 is 0 Å². The van der Waals surface area contributed by atoms with Crippen molar-refractivity contribution in [1.29, 1.82) is 0 Å². The number of hydrogen-bond donors (Lipinski definition) is 2. The predicted molar refractivity (Wildman–Crippen MR) is 42.6 cm³/mol. The lowest BCUT2D eigenvalue weighted by Gasteiger charge is -2.16. The number of aromatic nitrogens is 2. The molecule has 0 atom stereocenters. The molecule has 1 aliphatic heterocycles. The maximum absolute atomic E-state index is 10.9. The van der Waals surface area contributed by atoms with Gasteiger partial charge in [0.1, 0.15) is 5.82 Å². The third-order valence-corrected chi connectivity index (χ3v) is 1.90. The number of nitrogens with one attached hydrogen (secondary N) is 1. The van der Waals surface area contributed by atoms with Crippen LogP contribution in [0.5, 0.6) is 0 Å². The van der Waals surface area contributed by atoms with Crippen molar-refractivity contribution in [2.75, 3.05) is 12.3 Å². The standard InChI is InChI=1S/C7H9N3O2/c8-6-4-3-12-2-1-5(4)9-7(11)10-6/h1-3H2,(H3,8,9,10,11). The van der Waals surface area contributed by atoms with Crippen molar-refractivity contribution in [3.05, 3.63) is 21.7 Å². The van der Waals surface area contributed by atoms with E-state index in [1.165, 1.54) is 0 Å². The van der Waals surface area contributed by atoms with Gasteiger partial charge >= 0.3 is 5.69 Å². The Morgan fingerprint density at radius 3 is 3.25 bits per heavy atom. The normalized spacial score (nSPS) is 15.7. The van der Waals surface area contributed by atoms with E-state index in [-0.39, 0.29) is 11.5 Å². The van der Waals surface area contributed by atoms with Gasteiger partial charge in [-0.2, -0.15) is 4.98 Å². The molecule has 1 aromatic heterocycles. The molecule has 1 aliphatic rings. The van der Waals surface area contributed by atoms with Crippen LogP contribution in [0.4, 0.5) is 5.82 Å². The third kappa shape index (κ3) is 1.08. The average molecular weight is 167 g/mol. The minimum absolute atomic E-state index is 0.286. The van der Waals surface area contributed by atoms with Crippen LogP contribution in [0.25, 0.3) is 0 Å². The van der Waals surface area contributed by atoms with Crippen LogP contribution < -0.4 is 11.4 Å². The number of nitrogens with two attached hydrogens (primary N) is 1. The third-order valence-electron chi connectivity index (χ3n) is 1.90. The van der Waals surface area contributed by atoms with E-state index in [0.717, 1.165) is 11.3 Å². The topological polar surface area (TPSA) is 81.0 Å². The summed E-state index contributed by atoms with van der Waals surface area (Å²) >= 11 is 0. The van der Waals surface area contributed by atoms with E-state index in [4.69, 9.17) is 10.5 Å². The van der Waals surface area contributed by atoms with Crippen LogP contribution in [-0.4, -0.2) is 16.6 Å². The Labute approximate surface area is 68.6 Å². The van der Waals surface area contributed by atoms with Crippen molar-refractivity contribution in [3.63, 3.8) is 0 Å². The second-order valence-corrected chi connectivity index (χ2v) is 2.69. The van der Waals surface area contributed by atoms with Crippen LogP contribution in [0.1, 0.15) is 11.3 Å². The first-order valence-corrected chi connectivity index (χ1v) is 3.72. The minimum atomic E-state index is -0.381. The zero-order chi connectivity index (χ0) is 8.55. The van der Waals surface area contributed by atoms with Crippen molar-refractivity contribution < 1.29 is 4.74 Å². The van der Waals surface area contributed by atoms with Gasteiger partial charge in [0, 0.05) is 17.7 Å². The highest BCUT2D eigenvalue weighted by molar-refractivity contribution is 5.41. The Kier molecular flexibility index (Phi) is 1.58. The molecule has 0 radical (unpaired) electrons. The zero-order valence-corrected chi connectivity index (χ0v) is 6.46. The van der Waals surface area contributed by atoms with Crippen molar-refractivity contribution in [2.24, 2.45) is 0 Å². The van der Waals surface area contributed by atoms with E-state index in [2.05, 4.69) is 9.97 Å². The molecule has 12 heavy (non-hydrogen) atoms. The Morgan fingerprint density at radius 2 is 2.42 bits per heavy atom. The molecule has 0 aliphatic carbocycles. The molecule has 0 saturated carbocycles. The molecule has 3 N–H and O–H groups in total. The Balaban J connectivity index is 2.60. The number of ether oxygens (including phenoxy) is 1. The largest absolute Gasteiger partial charge is 0.383 e. The lowest BCUT2D eigenvalue weighted by Crippen LogP contribution is -2.22. The summed E-state index contributed by atoms with van der Waals surface area (Å²) in [6, 6.07) is 0. The summed E-state index contributed by atoms with van der Waals surface area (Å²) < 4.78 is 5.17. The van der Waals surface area contributed by atoms with E-state index in [1.54, 1.807) is 0 Å². The van der Waals surface area contributed by atoms with Crippen molar-refractivity contribution in [1.82, 2.24) is 9.97 Å². The SMILES string of the molecule is Nc1nc(=O)[nH]c2c1COCC2. The van der Waals surface area contributed by atoms with E-state index in [9.17, 15) is 4.79 Å². The van der Waals surface area contributed by atoms with Gasteiger partial charge in [-0.1, -0.05) is 0 Å². The number of nitrogen functional groups attached to an aromatic ring is 1. The van der Waals surface area contributed by atoms with Crippen LogP contribution in [0, 0.1) is 0 Å². The molecule has 1 aromatic rings. The number of aromatic amines is 1. The number of anilines is 1. The van der Waals surface area contributed by atoms with Crippen LogP contribution in [-0.2, 0) is 17.8 Å². The first kappa shape index (κ1) is 7.30. The molecule has 2 heterocycles. The Bertz CT molecular complexity index is 358. The molecular formula is C7H9N3O2. The summed E-state index contributed by atoms with van der Waals surface area (Å²) in [5.41, 5.74) is 6.83. The number of H-pyrrole nitrogens is 1. The fraction of sp³-hybridized carbons (Fsp3) is 0.429. The van der Waals surface area contributed by atoms with E-state index in [1.807, 2.05) is 0 Å². The molecule has 0 unspecified atom stereocenters. The highest BCUT2D eigenvalue weighted by Crippen LogP contribution is 2.16. The molecule has 2 rings (SSSR count). The molecular weight excluding hydrogens is 158 g/mol.